The second-order valence-electron chi connectivity index (χ2n) is 8.22. The van der Waals surface area contributed by atoms with Crippen LogP contribution in [0.1, 0.15) is 27.8 Å². The third-order valence-electron chi connectivity index (χ3n) is 5.45. The van der Waals surface area contributed by atoms with Crippen molar-refractivity contribution in [3.05, 3.63) is 98.5 Å². The van der Waals surface area contributed by atoms with Gasteiger partial charge in [0.05, 0.1) is 10.2 Å². The molecule has 1 N–H and O–H groups in total. The molecular weight excluding hydrogens is 496 g/mol. The van der Waals surface area contributed by atoms with Crippen LogP contribution in [0.4, 0.5) is 10.5 Å². The maximum Gasteiger partial charge on any atom is 0.335 e. The Morgan fingerprint density at radius 1 is 0.941 bits per heavy atom. The predicted molar refractivity (Wildman–Crippen MR) is 135 cm³/mol. The first-order chi connectivity index (χ1) is 16.2. The fraction of sp³-hybridized carbons (Fsp3) is 0.148. The quantitative estimate of drug-likeness (QED) is 0.351. The number of nitrogens with zero attached hydrogens (tertiary/aromatic N) is 1. The molecule has 0 aliphatic carbocycles. The maximum atomic E-state index is 13.2. The summed E-state index contributed by atoms with van der Waals surface area (Å²) in [5, 5.41) is 2.27. The van der Waals surface area contributed by atoms with Gasteiger partial charge in [0.2, 0.25) is 0 Å². The summed E-state index contributed by atoms with van der Waals surface area (Å²) in [5.74, 6) is -0.763. The fourth-order valence-electron chi connectivity index (χ4n) is 3.69. The van der Waals surface area contributed by atoms with Gasteiger partial charge in [-0.15, -0.1) is 0 Å². The summed E-state index contributed by atoms with van der Waals surface area (Å²) >= 11 is 3.50. The minimum Gasteiger partial charge on any atom is -0.488 e. The Labute approximate surface area is 206 Å². The van der Waals surface area contributed by atoms with Crippen molar-refractivity contribution in [2.45, 2.75) is 27.4 Å². The van der Waals surface area contributed by atoms with Crippen LogP contribution < -0.4 is 15.0 Å². The standard InChI is InChI=1S/C27H23BrN2O4/c1-16-5-4-6-20(11-16)15-34-24-10-9-19(14-22(24)28)13-21-25(31)29-27(33)30(26(21)32)23-12-17(2)7-8-18(23)3/h4-14H,15H2,1-3H3,(H,29,31,33)/b21-13+. The first kappa shape index (κ1) is 23.4. The van der Waals surface area contributed by atoms with Gasteiger partial charge in [-0.25, -0.2) is 9.69 Å². The zero-order valence-electron chi connectivity index (χ0n) is 19.0. The monoisotopic (exact) mass is 518 g/mol. The van der Waals surface area contributed by atoms with Crippen LogP contribution in [0.25, 0.3) is 6.08 Å². The largest absolute Gasteiger partial charge is 0.488 e. The average molecular weight is 519 g/mol. The van der Waals surface area contributed by atoms with Crippen LogP contribution in [0, 0.1) is 20.8 Å². The number of amides is 4. The summed E-state index contributed by atoms with van der Waals surface area (Å²) in [6.07, 6.45) is 1.47. The van der Waals surface area contributed by atoms with Crippen molar-refractivity contribution in [2.75, 3.05) is 4.90 Å². The van der Waals surface area contributed by atoms with Gasteiger partial charge in [0.15, 0.2) is 0 Å². The first-order valence-electron chi connectivity index (χ1n) is 10.7. The number of carbonyl (C=O) groups excluding carboxylic acids is 3. The lowest BCUT2D eigenvalue weighted by Crippen LogP contribution is -2.54. The molecule has 6 nitrogen and oxygen atoms in total. The molecule has 4 rings (SSSR count). The summed E-state index contributed by atoms with van der Waals surface area (Å²) in [5.41, 5.74) is 4.80. The van der Waals surface area contributed by atoms with Crippen LogP contribution in [0.5, 0.6) is 5.75 Å². The summed E-state index contributed by atoms with van der Waals surface area (Å²) in [7, 11) is 0. The molecule has 0 radical (unpaired) electrons. The number of aryl methyl sites for hydroxylation is 3. The van der Waals surface area contributed by atoms with Gasteiger partial charge in [-0.2, -0.15) is 0 Å². The van der Waals surface area contributed by atoms with Crippen LogP contribution in [0.2, 0.25) is 0 Å². The van der Waals surface area contributed by atoms with E-state index in [-0.39, 0.29) is 5.57 Å². The van der Waals surface area contributed by atoms with Gasteiger partial charge >= 0.3 is 6.03 Å². The summed E-state index contributed by atoms with van der Waals surface area (Å²) in [4.78, 5) is 39.2. The number of carbonyl (C=O) groups is 3. The Balaban J connectivity index is 1.59. The van der Waals surface area contributed by atoms with Gasteiger partial charge in [-0.3, -0.25) is 14.9 Å². The molecule has 1 aliphatic heterocycles. The minimum absolute atomic E-state index is 0.124. The van der Waals surface area contributed by atoms with Crippen molar-refractivity contribution in [1.82, 2.24) is 5.32 Å². The van der Waals surface area contributed by atoms with E-state index in [0.29, 0.717) is 28.1 Å². The molecule has 1 saturated heterocycles. The van der Waals surface area contributed by atoms with Gasteiger partial charge < -0.3 is 4.74 Å². The summed E-state index contributed by atoms with van der Waals surface area (Å²) in [6.45, 7) is 6.12. The molecule has 1 fully saturated rings. The number of hydrogen-bond acceptors (Lipinski definition) is 4. The molecule has 0 spiro atoms. The highest BCUT2D eigenvalue weighted by Crippen LogP contribution is 2.30. The zero-order valence-corrected chi connectivity index (χ0v) is 20.6. The third-order valence-corrected chi connectivity index (χ3v) is 6.07. The van der Waals surface area contributed by atoms with Crippen molar-refractivity contribution in [3.63, 3.8) is 0 Å². The number of anilines is 1. The van der Waals surface area contributed by atoms with Crippen molar-refractivity contribution in [3.8, 4) is 5.75 Å². The lowest BCUT2D eigenvalue weighted by atomic mass is 10.0. The molecule has 0 unspecified atom stereocenters. The number of nitrogens with one attached hydrogen (secondary N) is 1. The smallest absolute Gasteiger partial charge is 0.335 e. The van der Waals surface area contributed by atoms with Gasteiger partial charge in [0.1, 0.15) is 17.9 Å². The van der Waals surface area contributed by atoms with E-state index in [1.807, 2.05) is 51.1 Å². The van der Waals surface area contributed by atoms with Crippen LogP contribution in [0.3, 0.4) is 0 Å². The second-order valence-corrected chi connectivity index (χ2v) is 9.07. The number of benzene rings is 3. The molecule has 0 saturated carbocycles. The molecule has 34 heavy (non-hydrogen) atoms. The SMILES string of the molecule is Cc1cccc(COc2ccc(/C=C3\C(=O)NC(=O)N(c4cc(C)ccc4C)C3=O)cc2Br)c1. The molecule has 172 valence electrons. The normalized spacial score (nSPS) is 15.0. The van der Waals surface area contributed by atoms with Gasteiger partial charge in [0.25, 0.3) is 11.8 Å². The van der Waals surface area contributed by atoms with E-state index in [9.17, 15) is 14.4 Å². The van der Waals surface area contributed by atoms with E-state index in [2.05, 4.69) is 27.3 Å². The lowest BCUT2D eigenvalue weighted by molar-refractivity contribution is -0.122. The highest BCUT2D eigenvalue weighted by atomic mass is 79.9. The molecule has 3 aromatic rings. The molecule has 4 amide bonds. The second kappa shape index (κ2) is 9.65. The summed E-state index contributed by atoms with van der Waals surface area (Å²) < 4.78 is 6.59. The number of rotatable bonds is 5. The van der Waals surface area contributed by atoms with Gasteiger partial charge in [-0.05, 0) is 83.2 Å². The van der Waals surface area contributed by atoms with Gasteiger partial charge in [-0.1, -0.05) is 48.0 Å². The Morgan fingerprint density at radius 2 is 1.71 bits per heavy atom. The topological polar surface area (TPSA) is 75.7 Å². The Kier molecular flexibility index (Phi) is 6.65. The van der Waals surface area contributed by atoms with E-state index in [0.717, 1.165) is 27.2 Å². The van der Waals surface area contributed by atoms with Crippen molar-refractivity contribution in [1.29, 1.82) is 0 Å². The predicted octanol–water partition coefficient (Wildman–Crippen LogP) is 5.62. The van der Waals surface area contributed by atoms with Gasteiger partial charge in [0, 0.05) is 0 Å². The van der Waals surface area contributed by atoms with E-state index >= 15 is 0 Å². The van der Waals surface area contributed by atoms with E-state index in [4.69, 9.17) is 4.74 Å². The number of barbiturate groups is 1. The molecule has 1 heterocycles. The van der Waals surface area contributed by atoms with E-state index in [1.165, 1.54) is 6.08 Å². The van der Waals surface area contributed by atoms with E-state index < -0.39 is 17.8 Å². The van der Waals surface area contributed by atoms with Crippen molar-refractivity contribution >= 4 is 45.5 Å². The highest BCUT2D eigenvalue weighted by Gasteiger charge is 2.37. The van der Waals surface area contributed by atoms with Crippen molar-refractivity contribution in [2.24, 2.45) is 0 Å². The number of ether oxygens (including phenoxy) is 1. The number of hydrogen-bond donors (Lipinski definition) is 1. The number of imide groups is 2. The Bertz CT molecular complexity index is 1350. The third kappa shape index (κ3) is 4.94. The number of urea groups is 1. The van der Waals surface area contributed by atoms with Crippen LogP contribution in [-0.2, 0) is 16.2 Å². The fourth-order valence-corrected chi connectivity index (χ4v) is 4.20. The Hall–Kier alpha value is -3.71. The molecular formula is C27H23BrN2O4. The number of halogens is 1. The van der Waals surface area contributed by atoms with Crippen LogP contribution in [-0.4, -0.2) is 17.8 Å². The summed E-state index contributed by atoms with van der Waals surface area (Å²) in [6, 6.07) is 18.1. The molecule has 1 aliphatic rings. The average Bonchev–Trinajstić information content (AvgIpc) is 2.78. The van der Waals surface area contributed by atoms with Crippen molar-refractivity contribution < 1.29 is 19.1 Å². The van der Waals surface area contributed by atoms with Crippen LogP contribution in [0.15, 0.2) is 70.7 Å². The van der Waals surface area contributed by atoms with Crippen LogP contribution >= 0.6 is 15.9 Å². The molecule has 3 aromatic carbocycles. The molecule has 0 atom stereocenters. The molecule has 7 heteroatoms. The van der Waals surface area contributed by atoms with E-state index in [1.54, 1.807) is 24.3 Å². The molecule has 0 aromatic heterocycles. The maximum absolute atomic E-state index is 13.2. The lowest BCUT2D eigenvalue weighted by Gasteiger charge is -2.27. The first-order valence-corrected chi connectivity index (χ1v) is 11.5. The Morgan fingerprint density at radius 3 is 2.44 bits per heavy atom. The minimum atomic E-state index is -0.762. The zero-order chi connectivity index (χ0) is 24.4. The highest BCUT2D eigenvalue weighted by molar-refractivity contribution is 9.10. The molecule has 0 bridgehead atoms.